The van der Waals surface area contributed by atoms with Gasteiger partial charge < -0.3 is 14.8 Å². The highest BCUT2D eigenvalue weighted by molar-refractivity contribution is 6.50. The van der Waals surface area contributed by atoms with Crippen molar-refractivity contribution in [1.29, 1.82) is 0 Å². The first-order valence-corrected chi connectivity index (χ1v) is 10.8. The number of imide groups is 1. The smallest absolute Gasteiger partial charge is 0.419 e. The number of aromatic hydroxyl groups is 1. The van der Waals surface area contributed by atoms with Gasteiger partial charge in [0.2, 0.25) is 0 Å². The van der Waals surface area contributed by atoms with Gasteiger partial charge in [-0.05, 0) is 39.0 Å². The number of likely N-dealkylation sites (N-methyl/N-ethyl adjacent to an activating group) is 1. The van der Waals surface area contributed by atoms with Crippen molar-refractivity contribution in [2.45, 2.75) is 26.4 Å². The highest BCUT2D eigenvalue weighted by atomic mass is 16.6. The highest BCUT2D eigenvalue weighted by Crippen LogP contribution is 2.42. The second-order valence-corrected chi connectivity index (χ2v) is 9.23. The Kier molecular flexibility index (Phi) is 4.65. The molecule has 2 N–H and O–H groups in total. The van der Waals surface area contributed by atoms with Gasteiger partial charge in [0.25, 0.3) is 11.8 Å². The van der Waals surface area contributed by atoms with Crippen molar-refractivity contribution < 1.29 is 24.2 Å². The van der Waals surface area contributed by atoms with Crippen LogP contribution in [0.5, 0.6) is 5.75 Å². The van der Waals surface area contributed by atoms with Gasteiger partial charge in [0.15, 0.2) is 0 Å². The van der Waals surface area contributed by atoms with Crippen LogP contribution in [0, 0.1) is 0 Å². The molecule has 2 aromatic carbocycles. The normalized spacial score (nSPS) is 14.6. The molecule has 0 spiro atoms. The van der Waals surface area contributed by atoms with Crippen molar-refractivity contribution in [2.75, 3.05) is 7.05 Å². The Balaban J connectivity index is 1.81. The molecule has 1 aliphatic heterocycles. The Hall–Kier alpha value is -4.33. The van der Waals surface area contributed by atoms with Crippen molar-refractivity contribution >= 4 is 50.9 Å². The van der Waals surface area contributed by atoms with E-state index >= 15 is 0 Å². The van der Waals surface area contributed by atoms with E-state index in [-0.39, 0.29) is 16.9 Å². The van der Waals surface area contributed by atoms with Crippen molar-refractivity contribution in [1.82, 2.24) is 14.5 Å². The molecule has 1 aliphatic rings. The molecule has 0 atom stereocenters. The van der Waals surface area contributed by atoms with Gasteiger partial charge >= 0.3 is 6.09 Å². The molecule has 2 amide bonds. The maximum Gasteiger partial charge on any atom is 0.419 e. The number of phenols is 1. The van der Waals surface area contributed by atoms with E-state index in [2.05, 4.69) is 4.98 Å². The third-order valence-electron chi connectivity index (χ3n) is 5.81. The topological polar surface area (TPSA) is 105 Å². The first-order chi connectivity index (χ1) is 16.1. The van der Waals surface area contributed by atoms with Crippen molar-refractivity contribution in [3.8, 4) is 5.75 Å². The fourth-order valence-corrected chi connectivity index (χ4v) is 4.35. The summed E-state index contributed by atoms with van der Waals surface area (Å²) in [4.78, 5) is 43.7. The van der Waals surface area contributed by atoms with Crippen LogP contribution in [0.1, 0.15) is 31.9 Å². The first-order valence-electron chi connectivity index (χ1n) is 10.8. The largest absolute Gasteiger partial charge is 0.507 e. The number of carbonyl (C=O) groups is 3. The molecule has 4 aromatic rings. The van der Waals surface area contributed by atoms with Gasteiger partial charge in [-0.25, -0.2) is 4.79 Å². The van der Waals surface area contributed by atoms with Crippen LogP contribution in [0.2, 0.25) is 0 Å². The fraction of sp³-hybridized carbons (Fsp3) is 0.192. The molecule has 0 radical (unpaired) electrons. The number of rotatable bonds is 2. The lowest BCUT2D eigenvalue weighted by Gasteiger charge is -2.19. The quantitative estimate of drug-likeness (QED) is 0.431. The number of carbonyl (C=O) groups excluding carboxylic acids is 3. The van der Waals surface area contributed by atoms with Gasteiger partial charge in [0.1, 0.15) is 11.4 Å². The van der Waals surface area contributed by atoms with Crippen LogP contribution in [0.3, 0.4) is 0 Å². The molecule has 172 valence electrons. The Morgan fingerprint density at radius 1 is 0.971 bits per heavy atom. The average Bonchev–Trinajstić information content (AvgIpc) is 3.43. The van der Waals surface area contributed by atoms with Crippen LogP contribution in [0.15, 0.2) is 54.9 Å². The molecular weight excluding hydrogens is 434 g/mol. The number of hydrogen-bond donors (Lipinski definition) is 2. The molecular formula is C26H23N3O5. The molecule has 5 rings (SSSR count). The Morgan fingerprint density at radius 3 is 2.35 bits per heavy atom. The lowest BCUT2D eigenvalue weighted by atomic mass is 9.95. The first kappa shape index (κ1) is 21.5. The standard InChI is InChI=1S/C26H23N3O5/c1-26(2,3)34-25(33)29-13-16(14-8-5-6-10-18(14)29)22-21(23(31)28(4)24(22)32)15-12-27-17-9-7-11-19(30)20(15)17/h5-13,27,30H,1-4H3. The van der Waals surface area contributed by atoms with E-state index < -0.39 is 23.5 Å². The number of H-pyrrole nitrogens is 1. The summed E-state index contributed by atoms with van der Waals surface area (Å²) in [6.07, 6.45) is 2.55. The third-order valence-corrected chi connectivity index (χ3v) is 5.81. The Labute approximate surface area is 195 Å². The molecule has 8 nitrogen and oxygen atoms in total. The van der Waals surface area contributed by atoms with Gasteiger partial charge in [0, 0.05) is 46.9 Å². The summed E-state index contributed by atoms with van der Waals surface area (Å²) in [7, 11) is 1.42. The second-order valence-electron chi connectivity index (χ2n) is 9.23. The summed E-state index contributed by atoms with van der Waals surface area (Å²) >= 11 is 0. The van der Waals surface area contributed by atoms with Crippen molar-refractivity contribution in [3.63, 3.8) is 0 Å². The van der Waals surface area contributed by atoms with E-state index in [0.717, 1.165) is 4.90 Å². The zero-order valence-electron chi connectivity index (χ0n) is 19.2. The fourth-order valence-electron chi connectivity index (χ4n) is 4.35. The van der Waals surface area contributed by atoms with Gasteiger partial charge in [-0.1, -0.05) is 24.3 Å². The zero-order chi connectivity index (χ0) is 24.4. The van der Waals surface area contributed by atoms with Gasteiger partial charge in [-0.2, -0.15) is 0 Å². The Morgan fingerprint density at radius 2 is 1.65 bits per heavy atom. The lowest BCUT2D eigenvalue weighted by Crippen LogP contribution is -2.27. The summed E-state index contributed by atoms with van der Waals surface area (Å²) in [5.41, 5.74) is 1.64. The number of nitrogens with zero attached hydrogens (tertiary/aromatic N) is 2. The molecule has 3 heterocycles. The predicted molar refractivity (Wildman–Crippen MR) is 128 cm³/mol. The summed E-state index contributed by atoms with van der Waals surface area (Å²) in [6.45, 7) is 5.32. The van der Waals surface area contributed by atoms with Crippen LogP contribution in [-0.4, -0.2) is 50.1 Å². The minimum absolute atomic E-state index is 0.00779. The van der Waals surface area contributed by atoms with E-state index in [1.807, 2.05) is 0 Å². The van der Waals surface area contributed by atoms with Crippen LogP contribution in [0.4, 0.5) is 4.79 Å². The maximum absolute atomic E-state index is 13.3. The van der Waals surface area contributed by atoms with E-state index in [4.69, 9.17) is 4.74 Å². The van der Waals surface area contributed by atoms with Crippen molar-refractivity contribution in [2.24, 2.45) is 0 Å². The molecule has 0 saturated carbocycles. The molecule has 0 aliphatic carbocycles. The highest BCUT2D eigenvalue weighted by Gasteiger charge is 2.40. The minimum atomic E-state index is -0.714. The molecule has 34 heavy (non-hydrogen) atoms. The predicted octanol–water partition coefficient (Wildman–Crippen LogP) is 4.52. The number of aromatic amines is 1. The molecule has 2 aromatic heterocycles. The van der Waals surface area contributed by atoms with E-state index in [1.165, 1.54) is 23.9 Å². The van der Waals surface area contributed by atoms with Crippen LogP contribution in [0.25, 0.3) is 33.0 Å². The molecule has 0 saturated heterocycles. The number of hydrogen-bond acceptors (Lipinski definition) is 5. The lowest BCUT2D eigenvalue weighted by molar-refractivity contribution is -0.134. The summed E-state index contributed by atoms with van der Waals surface area (Å²) in [5.74, 6) is -0.985. The van der Waals surface area contributed by atoms with Crippen LogP contribution >= 0.6 is 0 Å². The number of benzene rings is 2. The monoisotopic (exact) mass is 457 g/mol. The summed E-state index contributed by atoms with van der Waals surface area (Å²) in [6, 6.07) is 12.1. The SMILES string of the molecule is CN1C(=O)C(c2cn(C(=O)OC(C)(C)C)c3ccccc23)=C(c2c[nH]c3cccc(O)c23)C1=O. The third kappa shape index (κ3) is 3.18. The van der Waals surface area contributed by atoms with Crippen LogP contribution < -0.4 is 0 Å². The van der Waals surface area contributed by atoms with E-state index in [1.54, 1.807) is 63.4 Å². The summed E-state index contributed by atoms with van der Waals surface area (Å²) in [5, 5.41) is 11.6. The second kappa shape index (κ2) is 7.34. The minimum Gasteiger partial charge on any atom is -0.507 e. The molecule has 0 unspecified atom stereocenters. The van der Waals surface area contributed by atoms with E-state index in [0.29, 0.717) is 32.9 Å². The maximum atomic E-state index is 13.3. The number of para-hydroxylation sites is 1. The zero-order valence-corrected chi connectivity index (χ0v) is 19.2. The van der Waals surface area contributed by atoms with Crippen molar-refractivity contribution in [3.05, 3.63) is 66.0 Å². The summed E-state index contributed by atoms with van der Waals surface area (Å²) < 4.78 is 6.91. The molecule has 0 fully saturated rings. The number of nitrogens with one attached hydrogen (secondary N) is 1. The number of amides is 2. The number of fused-ring (bicyclic) bond motifs is 2. The van der Waals surface area contributed by atoms with Gasteiger partial charge in [0.05, 0.1) is 16.7 Å². The number of phenolic OH excluding ortho intramolecular Hbond substituents is 1. The van der Waals surface area contributed by atoms with Gasteiger partial charge in [-0.3, -0.25) is 19.1 Å². The molecule has 0 bridgehead atoms. The van der Waals surface area contributed by atoms with E-state index in [9.17, 15) is 19.5 Å². The average molecular weight is 457 g/mol. The number of aromatic nitrogens is 2. The van der Waals surface area contributed by atoms with Gasteiger partial charge in [-0.15, -0.1) is 0 Å². The molecule has 8 heteroatoms. The number of ether oxygens (including phenoxy) is 1. The Bertz CT molecular complexity index is 1550. The van der Waals surface area contributed by atoms with Crippen LogP contribution in [-0.2, 0) is 14.3 Å².